The molecular weight excluding hydrogens is 845 g/mol. The zero-order chi connectivity index (χ0) is 46.5. The predicted octanol–water partition coefficient (Wildman–Crippen LogP) is 11.1. The number of carbonyl (C=O) groups is 3. The number of carboxylic acid groups (broad SMARTS) is 2. The van der Waals surface area contributed by atoms with E-state index in [9.17, 15) is 24.6 Å². The summed E-state index contributed by atoms with van der Waals surface area (Å²) in [6.07, 6.45) is 12.0. The lowest BCUT2D eigenvalue weighted by Gasteiger charge is -2.26. The summed E-state index contributed by atoms with van der Waals surface area (Å²) in [5.41, 5.74) is 1.57. The van der Waals surface area contributed by atoms with Gasteiger partial charge in [0.2, 0.25) is 0 Å². The van der Waals surface area contributed by atoms with E-state index in [1.54, 1.807) is 48.5 Å². The molecule has 0 saturated heterocycles. The molecule has 0 fully saturated rings. The Morgan fingerprint density at radius 2 is 0.955 bits per heavy atom. The summed E-state index contributed by atoms with van der Waals surface area (Å²) < 4.78 is 33.2. The first kappa shape index (κ1) is 44.9. The van der Waals surface area contributed by atoms with Crippen molar-refractivity contribution < 1.29 is 62.8 Å². The lowest BCUT2D eigenvalue weighted by Crippen LogP contribution is -2.18. The van der Waals surface area contributed by atoms with Crippen LogP contribution in [-0.4, -0.2) is 28.1 Å². The smallest absolute Gasteiger partial charge is 0.344 e. The van der Waals surface area contributed by atoms with E-state index in [2.05, 4.69) is 26.1 Å². The van der Waals surface area contributed by atoms with Crippen LogP contribution in [0.15, 0.2) is 164 Å². The Morgan fingerprint density at radius 1 is 0.500 bits per heavy atom. The molecule has 0 radical (unpaired) electrons. The van der Waals surface area contributed by atoms with Crippen molar-refractivity contribution in [3.63, 3.8) is 0 Å². The van der Waals surface area contributed by atoms with Gasteiger partial charge in [0.1, 0.15) is 58.7 Å². The molecule has 0 heterocycles. The molecule has 0 bridgehead atoms. The summed E-state index contributed by atoms with van der Waals surface area (Å²) in [5.74, 6) is 0.443. The Hall–Kier alpha value is -9.17. The average Bonchev–Trinajstić information content (AvgIpc) is 3.32. The van der Waals surface area contributed by atoms with Crippen LogP contribution in [0.4, 0.5) is 0 Å². The highest BCUT2D eigenvalue weighted by molar-refractivity contribution is 6.03. The summed E-state index contributed by atoms with van der Waals surface area (Å²) in [7, 11) is 0. The van der Waals surface area contributed by atoms with E-state index < -0.39 is 17.9 Å². The van der Waals surface area contributed by atoms with Gasteiger partial charge in [0.15, 0.2) is 18.0 Å². The van der Waals surface area contributed by atoms with Gasteiger partial charge in [0.05, 0.1) is 16.7 Å². The number of esters is 1. The number of carbonyl (C=O) groups excluding carboxylic acids is 1. The maximum atomic E-state index is 12.9. The second kappa shape index (κ2) is 20.8. The fraction of sp³-hybridized carbons (Fsp3) is 0.0755. The van der Waals surface area contributed by atoms with Gasteiger partial charge in [-0.1, -0.05) is 62.7 Å². The van der Waals surface area contributed by atoms with E-state index in [-0.39, 0.29) is 40.2 Å². The van der Waals surface area contributed by atoms with E-state index in [0.29, 0.717) is 45.8 Å². The molecule has 0 aliphatic carbocycles. The molecule has 0 aliphatic rings. The SMILES string of the molecule is C#COc1ccc(C(=O)O)c(C(=O)Oc2ccc(Oc3ccc(C(C)(C)c4ccc(Oc5ccc(OOCc6cc(OC#COc7ccccc7)ccc6C(=O)O)cc5)cc4)cc3)cc2)c1. The molecule has 7 aromatic rings. The van der Waals surface area contributed by atoms with Crippen molar-refractivity contribution in [2.75, 3.05) is 0 Å². The largest absolute Gasteiger partial charge is 0.478 e. The van der Waals surface area contributed by atoms with Crippen LogP contribution < -0.4 is 33.3 Å². The molecule has 7 aromatic carbocycles. The van der Waals surface area contributed by atoms with Crippen molar-refractivity contribution in [1.29, 1.82) is 0 Å². The molecule has 0 atom stereocenters. The van der Waals surface area contributed by atoms with Gasteiger partial charge in [-0.05, 0) is 132 Å². The summed E-state index contributed by atoms with van der Waals surface area (Å²) in [5, 5.41) is 19.2. The van der Waals surface area contributed by atoms with Gasteiger partial charge in [0.25, 0.3) is 0 Å². The van der Waals surface area contributed by atoms with Gasteiger partial charge in [-0.25, -0.2) is 14.4 Å². The number of terminal acetylenes is 1. The van der Waals surface area contributed by atoms with Crippen LogP contribution in [0, 0.1) is 24.7 Å². The first-order valence-corrected chi connectivity index (χ1v) is 20.0. The summed E-state index contributed by atoms with van der Waals surface area (Å²) in [6, 6.07) is 45.6. The number of para-hydroxylation sites is 1. The lowest BCUT2D eigenvalue weighted by molar-refractivity contribution is -0.217. The molecule has 0 amide bonds. The highest BCUT2D eigenvalue weighted by Crippen LogP contribution is 2.35. The standard InChI is InChI=1S/C53H38O13/c1-4-59-46-27-29-48(51(56)57)49(33-46)52(58)65-43-20-18-41(19-21-43)63-39-14-10-36(11-15-39)53(2,3)37-12-16-40(17-13-37)64-42-22-24-44(25-23-42)66-62-34-35-32-45(26-28-47(35)50(54)55)61-31-30-60-38-8-6-5-7-9-38/h1,5-29,32-33H,34H2,2-3H3,(H,54,55)(H,56,57). The van der Waals surface area contributed by atoms with Crippen molar-refractivity contribution in [2.24, 2.45) is 0 Å². The van der Waals surface area contributed by atoms with Crippen LogP contribution >= 0.6 is 0 Å². The number of rotatable bonds is 17. The number of hydrogen-bond donors (Lipinski definition) is 2. The quantitative estimate of drug-likeness (QED) is 0.0292. The van der Waals surface area contributed by atoms with Crippen LogP contribution in [0.2, 0.25) is 0 Å². The number of ether oxygens (including phenoxy) is 6. The molecule has 13 heteroatoms. The Balaban J connectivity index is 0.890. The van der Waals surface area contributed by atoms with E-state index in [0.717, 1.165) is 11.1 Å². The average molecular weight is 883 g/mol. The number of carboxylic acids is 2. The molecule has 0 spiro atoms. The Bertz CT molecular complexity index is 2930. The van der Waals surface area contributed by atoms with E-state index >= 15 is 0 Å². The molecule has 0 saturated carbocycles. The molecule has 328 valence electrons. The second-order valence-corrected chi connectivity index (χ2v) is 14.6. The maximum Gasteiger partial charge on any atom is 0.344 e. The van der Waals surface area contributed by atoms with Crippen LogP contribution in [0.3, 0.4) is 0 Å². The Labute approximate surface area is 379 Å². The van der Waals surface area contributed by atoms with Crippen LogP contribution in [0.5, 0.6) is 51.7 Å². The molecular formula is C53H38O13. The molecule has 7 rings (SSSR count). The topological polar surface area (TPSA) is 166 Å². The van der Waals surface area contributed by atoms with E-state index in [4.69, 9.17) is 44.6 Å². The molecule has 0 aliphatic heterocycles. The minimum Gasteiger partial charge on any atom is -0.478 e. The Kier molecular flexibility index (Phi) is 14.1. The molecule has 66 heavy (non-hydrogen) atoms. The van der Waals surface area contributed by atoms with Gasteiger partial charge in [-0.2, -0.15) is 4.89 Å². The van der Waals surface area contributed by atoms with E-state index in [1.807, 2.05) is 72.8 Å². The van der Waals surface area contributed by atoms with Gasteiger partial charge in [0, 0.05) is 11.0 Å². The van der Waals surface area contributed by atoms with Crippen molar-refractivity contribution in [3.8, 4) is 76.5 Å². The third-order valence-electron chi connectivity index (χ3n) is 9.90. The van der Waals surface area contributed by atoms with Crippen molar-refractivity contribution in [2.45, 2.75) is 25.9 Å². The third-order valence-corrected chi connectivity index (χ3v) is 9.90. The minimum absolute atomic E-state index is 0.0185. The van der Waals surface area contributed by atoms with Gasteiger partial charge < -0.3 is 43.5 Å². The van der Waals surface area contributed by atoms with Crippen molar-refractivity contribution in [3.05, 3.63) is 197 Å². The minimum atomic E-state index is -1.31. The van der Waals surface area contributed by atoms with Gasteiger partial charge >= 0.3 is 17.9 Å². The fourth-order valence-corrected chi connectivity index (χ4v) is 6.40. The van der Waals surface area contributed by atoms with Crippen LogP contribution in [0.1, 0.15) is 61.6 Å². The molecule has 0 unspecified atom stereocenters. The zero-order valence-corrected chi connectivity index (χ0v) is 35.3. The Morgan fingerprint density at radius 3 is 1.48 bits per heavy atom. The highest BCUT2D eigenvalue weighted by atomic mass is 17.2. The molecule has 13 nitrogen and oxygen atoms in total. The predicted molar refractivity (Wildman–Crippen MR) is 240 cm³/mol. The van der Waals surface area contributed by atoms with Crippen LogP contribution in [0.25, 0.3) is 0 Å². The van der Waals surface area contributed by atoms with Crippen LogP contribution in [-0.2, 0) is 16.9 Å². The highest BCUT2D eigenvalue weighted by Gasteiger charge is 2.24. The third kappa shape index (κ3) is 11.6. The summed E-state index contributed by atoms with van der Waals surface area (Å²) >= 11 is 0. The van der Waals surface area contributed by atoms with Gasteiger partial charge in [-0.3, -0.25) is 0 Å². The monoisotopic (exact) mass is 882 g/mol. The zero-order valence-electron chi connectivity index (χ0n) is 35.3. The second-order valence-electron chi connectivity index (χ2n) is 14.6. The molecule has 0 aromatic heterocycles. The number of hydrogen-bond acceptors (Lipinski definition) is 11. The van der Waals surface area contributed by atoms with E-state index in [1.165, 1.54) is 48.5 Å². The van der Waals surface area contributed by atoms with Crippen molar-refractivity contribution in [1.82, 2.24) is 0 Å². The lowest BCUT2D eigenvalue weighted by atomic mass is 9.78. The molecule has 2 N–H and O–H groups in total. The van der Waals surface area contributed by atoms with Gasteiger partial charge in [-0.15, -0.1) is 0 Å². The fourth-order valence-electron chi connectivity index (χ4n) is 6.40. The first-order chi connectivity index (χ1) is 31.9. The normalized spacial score (nSPS) is 10.6. The maximum absolute atomic E-state index is 12.9. The number of benzene rings is 7. The summed E-state index contributed by atoms with van der Waals surface area (Å²) in [6.45, 7) is 4.04. The van der Waals surface area contributed by atoms with Crippen molar-refractivity contribution >= 4 is 17.9 Å². The number of aromatic carboxylic acids is 2. The summed E-state index contributed by atoms with van der Waals surface area (Å²) in [4.78, 5) is 47.2. The first-order valence-electron chi connectivity index (χ1n) is 20.0.